The molecule has 3 N–H and O–H groups in total. The van der Waals surface area contributed by atoms with Gasteiger partial charge in [0, 0.05) is 44.7 Å². The Bertz CT molecular complexity index is 1750. The van der Waals surface area contributed by atoms with Gasteiger partial charge in [-0.2, -0.15) is 5.10 Å². The number of carbonyl (C=O) groups excluding carboxylic acids is 1. The van der Waals surface area contributed by atoms with Crippen molar-refractivity contribution in [1.29, 1.82) is 0 Å². The van der Waals surface area contributed by atoms with Crippen LogP contribution in [0.4, 0.5) is 4.39 Å². The number of halogens is 1. The van der Waals surface area contributed by atoms with Gasteiger partial charge in [-0.1, -0.05) is 12.1 Å². The van der Waals surface area contributed by atoms with E-state index in [2.05, 4.69) is 26.9 Å². The van der Waals surface area contributed by atoms with Crippen LogP contribution in [0.1, 0.15) is 47.6 Å². The number of nitrogens with two attached hydrogens (primary N) is 1. The smallest absolute Gasteiger partial charge is 0.255 e. The molecule has 212 valence electrons. The summed E-state index contributed by atoms with van der Waals surface area (Å²) in [5.41, 5.74) is 11.3. The molecular weight excluding hydrogens is 523 g/mol. The lowest BCUT2D eigenvalue weighted by atomic mass is 10.0. The molecule has 0 saturated heterocycles. The molecule has 4 aromatic heterocycles. The quantitative estimate of drug-likeness (QED) is 0.281. The van der Waals surface area contributed by atoms with Gasteiger partial charge in [-0.05, 0) is 49.9 Å². The first-order valence-electron chi connectivity index (χ1n) is 14.2. The predicted octanol–water partition coefficient (Wildman–Crippen LogP) is 4.16. The topological polar surface area (TPSA) is 120 Å². The number of hydrogen-bond donors (Lipinski definition) is 2. The number of hydrogen-bond acceptors (Lipinski definition) is 6. The maximum absolute atomic E-state index is 13.2. The number of amides is 1. The molecule has 0 spiro atoms. The molecule has 11 heteroatoms. The first kappa shape index (κ1) is 25.7. The number of pyridine rings is 1. The van der Waals surface area contributed by atoms with Crippen LogP contribution in [0.15, 0.2) is 42.6 Å². The molecular formula is C30H33FN8O2. The Balaban J connectivity index is 1.31. The van der Waals surface area contributed by atoms with Gasteiger partial charge in [-0.15, -0.1) is 0 Å². The van der Waals surface area contributed by atoms with Gasteiger partial charge in [-0.3, -0.25) is 9.89 Å². The van der Waals surface area contributed by atoms with E-state index in [1.165, 1.54) is 12.8 Å². The van der Waals surface area contributed by atoms with Gasteiger partial charge in [-0.25, -0.2) is 14.4 Å². The summed E-state index contributed by atoms with van der Waals surface area (Å²) < 4.78 is 23.8. The second kappa shape index (κ2) is 9.99. The SMILES string of the molecule is CC(Oc1cccc2cc(-c3nc4cc5c(nc4n3C)CCN(C[C@H](N)CF)C5=O)n(CC3CC3)c12)c1cc[nH]n1. The molecule has 2 aliphatic rings. The van der Waals surface area contributed by atoms with E-state index in [1.54, 1.807) is 11.1 Å². The highest BCUT2D eigenvalue weighted by molar-refractivity contribution is 5.99. The first-order chi connectivity index (χ1) is 19.9. The van der Waals surface area contributed by atoms with Gasteiger partial charge in [0.25, 0.3) is 5.91 Å². The van der Waals surface area contributed by atoms with Crippen LogP contribution in [0, 0.1) is 5.92 Å². The Morgan fingerprint density at radius 1 is 1.22 bits per heavy atom. The van der Waals surface area contributed by atoms with Crippen molar-refractivity contribution in [3.63, 3.8) is 0 Å². The molecule has 1 aromatic carbocycles. The Kier molecular flexibility index (Phi) is 6.26. The number of aromatic nitrogens is 6. The maximum atomic E-state index is 13.2. The largest absolute Gasteiger partial charge is 0.482 e. The van der Waals surface area contributed by atoms with Crippen LogP contribution in [0.25, 0.3) is 33.6 Å². The summed E-state index contributed by atoms with van der Waals surface area (Å²) in [4.78, 5) is 24.8. The van der Waals surface area contributed by atoms with E-state index in [0.717, 1.165) is 51.8 Å². The predicted molar refractivity (Wildman–Crippen MR) is 153 cm³/mol. The normalized spacial score (nSPS) is 16.9. The minimum atomic E-state index is -0.692. The molecule has 5 aromatic rings. The molecule has 1 aliphatic heterocycles. The van der Waals surface area contributed by atoms with Crippen LogP contribution in [-0.2, 0) is 20.0 Å². The fourth-order valence-electron chi connectivity index (χ4n) is 5.84. The van der Waals surface area contributed by atoms with Gasteiger partial charge in [0.15, 0.2) is 11.5 Å². The Hall–Kier alpha value is -4.25. The summed E-state index contributed by atoms with van der Waals surface area (Å²) in [7, 11) is 1.97. The van der Waals surface area contributed by atoms with Crippen LogP contribution in [0.3, 0.4) is 0 Å². The molecule has 2 atom stereocenters. The number of nitrogens with zero attached hydrogens (tertiary/aromatic N) is 6. The monoisotopic (exact) mass is 556 g/mol. The van der Waals surface area contributed by atoms with Gasteiger partial charge >= 0.3 is 0 Å². The van der Waals surface area contributed by atoms with Crippen LogP contribution < -0.4 is 10.5 Å². The molecule has 1 saturated carbocycles. The van der Waals surface area contributed by atoms with Crippen molar-refractivity contribution in [3.8, 4) is 17.3 Å². The maximum Gasteiger partial charge on any atom is 0.255 e. The van der Waals surface area contributed by atoms with Crippen molar-refractivity contribution >= 4 is 28.0 Å². The summed E-state index contributed by atoms with van der Waals surface area (Å²) in [6.07, 6.45) is 4.57. The third-order valence-corrected chi connectivity index (χ3v) is 8.21. The second-order valence-electron chi connectivity index (χ2n) is 11.3. The van der Waals surface area contributed by atoms with Crippen molar-refractivity contribution in [2.75, 3.05) is 19.8 Å². The number of ether oxygens (including phenoxy) is 1. The molecule has 1 aliphatic carbocycles. The van der Waals surface area contributed by atoms with Gasteiger partial charge in [0.05, 0.1) is 28.5 Å². The van der Waals surface area contributed by atoms with E-state index < -0.39 is 12.7 Å². The minimum Gasteiger partial charge on any atom is -0.482 e. The van der Waals surface area contributed by atoms with Crippen LogP contribution in [0.5, 0.6) is 5.75 Å². The van der Waals surface area contributed by atoms with E-state index in [9.17, 15) is 9.18 Å². The number of aryl methyl sites for hydroxylation is 1. The van der Waals surface area contributed by atoms with Gasteiger partial charge in [0.2, 0.25) is 0 Å². The Morgan fingerprint density at radius 3 is 2.83 bits per heavy atom. The zero-order valence-corrected chi connectivity index (χ0v) is 23.2. The number of fused-ring (bicyclic) bond motifs is 3. The zero-order chi connectivity index (χ0) is 28.2. The lowest BCUT2D eigenvalue weighted by Gasteiger charge is -2.29. The van der Waals surface area contributed by atoms with Crippen LogP contribution >= 0.6 is 0 Å². The van der Waals surface area contributed by atoms with Crippen molar-refractivity contribution in [2.45, 2.75) is 44.9 Å². The number of nitrogens with one attached hydrogen (secondary N) is 1. The fourth-order valence-corrected chi connectivity index (χ4v) is 5.84. The summed E-state index contributed by atoms with van der Waals surface area (Å²) >= 11 is 0. The van der Waals surface area contributed by atoms with Crippen molar-refractivity contribution in [2.24, 2.45) is 18.7 Å². The number of para-hydroxylation sites is 1. The van der Waals surface area contributed by atoms with Crippen LogP contribution in [-0.4, -0.2) is 65.9 Å². The highest BCUT2D eigenvalue weighted by atomic mass is 19.1. The third kappa shape index (κ3) is 4.54. The van der Waals surface area contributed by atoms with Crippen molar-refractivity contribution in [3.05, 3.63) is 59.5 Å². The number of imidazole rings is 1. The lowest BCUT2D eigenvalue weighted by Crippen LogP contribution is -2.45. The standard InChI is InChI=1S/C30H33FN8O2/c1-17(22-8-10-33-36-22)41-26-5-3-4-19-12-25(39(27(19)26)15-18-6-7-18)29-35-24-13-21-23(34-28(24)37(29)2)9-11-38(30(21)40)16-20(32)14-31/h3-5,8,10,12-13,17-18,20H,6-7,9,11,14-16,32H2,1-2H3,(H,33,36)/t17?,20-/m1/s1. The Labute approximate surface area is 236 Å². The Morgan fingerprint density at radius 2 is 2.07 bits per heavy atom. The third-order valence-electron chi connectivity index (χ3n) is 8.21. The number of benzene rings is 1. The first-order valence-corrected chi connectivity index (χ1v) is 14.2. The number of alkyl halides is 1. The second-order valence-corrected chi connectivity index (χ2v) is 11.3. The zero-order valence-electron chi connectivity index (χ0n) is 23.2. The molecule has 0 radical (unpaired) electrons. The number of carbonyl (C=O) groups is 1. The summed E-state index contributed by atoms with van der Waals surface area (Å²) in [6, 6.07) is 11.3. The average molecular weight is 557 g/mol. The van der Waals surface area contributed by atoms with Crippen molar-refractivity contribution < 1.29 is 13.9 Å². The molecule has 10 nitrogen and oxygen atoms in total. The van der Waals surface area contributed by atoms with Gasteiger partial charge in [0.1, 0.15) is 29.7 Å². The molecule has 1 unspecified atom stereocenters. The average Bonchev–Trinajstić information content (AvgIpc) is 3.34. The minimum absolute atomic E-state index is 0.174. The summed E-state index contributed by atoms with van der Waals surface area (Å²) in [5, 5.41) is 8.23. The van der Waals surface area contributed by atoms with Crippen LogP contribution in [0.2, 0.25) is 0 Å². The van der Waals surface area contributed by atoms with E-state index in [1.807, 2.05) is 42.8 Å². The molecule has 1 amide bonds. The molecule has 1 fully saturated rings. The van der Waals surface area contributed by atoms with Crippen molar-refractivity contribution in [1.82, 2.24) is 34.2 Å². The molecule has 5 heterocycles. The fraction of sp³-hybridized carbons (Fsp3) is 0.400. The molecule has 7 rings (SSSR count). The summed E-state index contributed by atoms with van der Waals surface area (Å²) in [6.45, 7) is 2.85. The number of H-pyrrole nitrogens is 1. The lowest BCUT2D eigenvalue weighted by molar-refractivity contribution is 0.0723. The molecule has 0 bridgehead atoms. The number of aromatic amines is 1. The molecule has 41 heavy (non-hydrogen) atoms. The number of rotatable bonds is 9. The highest BCUT2D eigenvalue weighted by Crippen LogP contribution is 2.40. The van der Waals surface area contributed by atoms with E-state index >= 15 is 0 Å². The summed E-state index contributed by atoms with van der Waals surface area (Å²) in [5.74, 6) is 2.02. The van der Waals surface area contributed by atoms with E-state index in [4.69, 9.17) is 20.4 Å². The van der Waals surface area contributed by atoms with E-state index in [-0.39, 0.29) is 18.6 Å². The highest BCUT2D eigenvalue weighted by Gasteiger charge is 2.30. The van der Waals surface area contributed by atoms with Gasteiger partial charge < -0.3 is 24.5 Å². The van der Waals surface area contributed by atoms with E-state index in [0.29, 0.717) is 30.0 Å².